The summed E-state index contributed by atoms with van der Waals surface area (Å²) in [7, 11) is -2.47. The fourth-order valence-corrected chi connectivity index (χ4v) is 3.60. The van der Waals surface area contributed by atoms with E-state index in [1.165, 1.54) is 33.9 Å². The fraction of sp³-hybridized carbons (Fsp3) is 0.294. The topological polar surface area (TPSA) is 138 Å². The van der Waals surface area contributed by atoms with Gasteiger partial charge in [-0.1, -0.05) is 20.8 Å². The van der Waals surface area contributed by atoms with Crippen LogP contribution in [0.15, 0.2) is 41.7 Å². The first kappa shape index (κ1) is 19.5. The average molecular weight is 403 g/mol. The lowest BCUT2D eigenvalue weighted by molar-refractivity contribution is 0.0992. The number of carbonyl (C=O) groups excluding carboxylic acids is 1. The normalized spacial score (nSPS) is 12.1. The Morgan fingerprint density at radius 2 is 1.82 bits per heavy atom. The van der Waals surface area contributed by atoms with Gasteiger partial charge in [0.15, 0.2) is 0 Å². The number of rotatable bonds is 5. The SMILES string of the molecule is Cn1cc(S(=O)(=O)Nc2cc(C(C)(C)C)nn2-c2ncccn2)cc1C(N)=O. The van der Waals surface area contributed by atoms with Crippen molar-refractivity contribution in [3.8, 4) is 5.95 Å². The van der Waals surface area contributed by atoms with Gasteiger partial charge in [-0.3, -0.25) is 9.52 Å². The molecule has 0 aliphatic carbocycles. The second-order valence-corrected chi connectivity index (χ2v) is 8.95. The zero-order valence-corrected chi connectivity index (χ0v) is 16.7. The monoisotopic (exact) mass is 403 g/mol. The third-order valence-electron chi connectivity index (χ3n) is 4.00. The summed E-state index contributed by atoms with van der Waals surface area (Å²) < 4.78 is 30.9. The Morgan fingerprint density at radius 1 is 1.18 bits per heavy atom. The van der Waals surface area contributed by atoms with Gasteiger partial charge in [-0.2, -0.15) is 9.78 Å². The predicted molar refractivity (Wildman–Crippen MR) is 103 cm³/mol. The Kier molecular flexibility index (Phi) is 4.71. The van der Waals surface area contributed by atoms with Crippen molar-refractivity contribution in [2.75, 3.05) is 4.72 Å². The minimum atomic E-state index is -4.01. The molecule has 0 unspecified atom stereocenters. The van der Waals surface area contributed by atoms with Crippen LogP contribution in [0.5, 0.6) is 0 Å². The van der Waals surface area contributed by atoms with Crippen LogP contribution in [0.25, 0.3) is 5.95 Å². The molecule has 3 aromatic heterocycles. The van der Waals surface area contributed by atoms with Gasteiger partial charge in [0.2, 0.25) is 0 Å². The van der Waals surface area contributed by atoms with E-state index in [1.54, 1.807) is 19.2 Å². The first-order valence-corrected chi connectivity index (χ1v) is 9.84. The molecular weight excluding hydrogens is 382 g/mol. The molecule has 0 aliphatic heterocycles. The molecule has 3 heterocycles. The van der Waals surface area contributed by atoms with E-state index in [1.807, 2.05) is 20.8 Å². The Balaban J connectivity index is 2.07. The van der Waals surface area contributed by atoms with Crippen molar-refractivity contribution in [3.63, 3.8) is 0 Å². The van der Waals surface area contributed by atoms with Crippen molar-refractivity contribution in [1.82, 2.24) is 24.3 Å². The molecule has 0 saturated heterocycles. The van der Waals surface area contributed by atoms with Crippen LogP contribution in [-0.2, 0) is 22.5 Å². The number of carbonyl (C=O) groups is 1. The molecule has 3 rings (SSSR count). The van der Waals surface area contributed by atoms with Gasteiger partial charge in [0.25, 0.3) is 21.9 Å². The number of amides is 1. The number of aromatic nitrogens is 5. The van der Waals surface area contributed by atoms with Crippen LogP contribution in [0, 0.1) is 0 Å². The van der Waals surface area contributed by atoms with E-state index in [-0.39, 0.29) is 27.8 Å². The molecule has 3 N–H and O–H groups in total. The quantitative estimate of drug-likeness (QED) is 0.656. The summed E-state index contributed by atoms with van der Waals surface area (Å²) in [5.41, 5.74) is 5.68. The lowest BCUT2D eigenvalue weighted by atomic mass is 9.92. The maximum Gasteiger partial charge on any atom is 0.265 e. The Bertz CT molecular complexity index is 1130. The predicted octanol–water partition coefficient (Wildman–Crippen LogP) is 1.20. The average Bonchev–Trinajstić information content (AvgIpc) is 3.19. The largest absolute Gasteiger partial charge is 0.364 e. The molecule has 0 saturated carbocycles. The molecule has 0 aromatic carbocycles. The lowest BCUT2D eigenvalue weighted by Gasteiger charge is -2.13. The van der Waals surface area contributed by atoms with Crippen molar-refractivity contribution in [2.24, 2.45) is 12.8 Å². The standard InChI is InChI=1S/C17H21N7O3S/c1-17(2,3)13-9-14(24(21-13)16-19-6-5-7-20-16)22-28(26,27)11-8-12(15(18)25)23(4)10-11/h5-10,22H,1-4H3,(H2,18,25). The van der Waals surface area contributed by atoms with Gasteiger partial charge in [0.1, 0.15) is 16.4 Å². The maximum atomic E-state index is 12.9. The Morgan fingerprint density at radius 3 is 2.36 bits per heavy atom. The highest BCUT2D eigenvalue weighted by Gasteiger charge is 2.26. The summed E-state index contributed by atoms with van der Waals surface area (Å²) in [6, 6.07) is 4.50. The van der Waals surface area contributed by atoms with Crippen LogP contribution in [0.2, 0.25) is 0 Å². The number of primary amides is 1. The van der Waals surface area contributed by atoms with E-state index >= 15 is 0 Å². The summed E-state index contributed by atoms with van der Waals surface area (Å²) >= 11 is 0. The minimum Gasteiger partial charge on any atom is -0.364 e. The molecule has 0 fully saturated rings. The van der Waals surface area contributed by atoms with Gasteiger partial charge in [0.05, 0.1) is 5.69 Å². The highest BCUT2D eigenvalue weighted by molar-refractivity contribution is 7.92. The summed E-state index contributed by atoms with van der Waals surface area (Å²) in [5.74, 6) is -0.316. The van der Waals surface area contributed by atoms with E-state index in [0.717, 1.165) is 0 Å². The van der Waals surface area contributed by atoms with Gasteiger partial charge >= 0.3 is 0 Å². The molecule has 0 bridgehead atoms. The molecule has 1 amide bonds. The molecule has 10 nitrogen and oxygen atoms in total. The smallest absolute Gasteiger partial charge is 0.265 e. The van der Waals surface area contributed by atoms with E-state index in [2.05, 4.69) is 19.8 Å². The molecule has 0 aliphatic rings. The van der Waals surface area contributed by atoms with Crippen molar-refractivity contribution in [2.45, 2.75) is 31.1 Å². The highest BCUT2D eigenvalue weighted by Crippen LogP contribution is 2.27. The van der Waals surface area contributed by atoms with Crippen LogP contribution in [0.1, 0.15) is 37.0 Å². The Hall–Kier alpha value is -3.21. The Labute approximate surface area is 162 Å². The number of nitrogens with zero attached hydrogens (tertiary/aromatic N) is 5. The van der Waals surface area contributed by atoms with Gasteiger partial charge in [-0.25, -0.2) is 18.4 Å². The molecular formula is C17H21N7O3S. The molecule has 3 aromatic rings. The molecule has 28 heavy (non-hydrogen) atoms. The van der Waals surface area contributed by atoms with Crippen LogP contribution in [0.4, 0.5) is 5.82 Å². The number of hydrogen-bond donors (Lipinski definition) is 2. The van der Waals surface area contributed by atoms with Crippen molar-refractivity contribution in [1.29, 1.82) is 0 Å². The first-order chi connectivity index (χ1) is 13.0. The summed E-state index contributed by atoms with van der Waals surface area (Å²) in [6.45, 7) is 5.88. The zero-order chi connectivity index (χ0) is 20.7. The third-order valence-corrected chi connectivity index (χ3v) is 5.32. The lowest BCUT2D eigenvalue weighted by Crippen LogP contribution is -2.16. The number of sulfonamides is 1. The molecule has 0 spiro atoms. The van der Waals surface area contributed by atoms with Crippen LogP contribution in [0.3, 0.4) is 0 Å². The number of anilines is 1. The van der Waals surface area contributed by atoms with E-state index in [0.29, 0.717) is 5.69 Å². The molecule has 148 valence electrons. The second kappa shape index (κ2) is 6.75. The summed E-state index contributed by atoms with van der Waals surface area (Å²) in [4.78, 5) is 19.6. The number of nitrogens with two attached hydrogens (primary N) is 1. The maximum absolute atomic E-state index is 12.9. The fourth-order valence-electron chi connectivity index (χ4n) is 2.50. The van der Waals surface area contributed by atoms with Gasteiger partial charge in [-0.15, -0.1) is 0 Å². The second-order valence-electron chi connectivity index (χ2n) is 7.27. The van der Waals surface area contributed by atoms with E-state index in [9.17, 15) is 13.2 Å². The van der Waals surface area contributed by atoms with Crippen molar-refractivity contribution >= 4 is 21.7 Å². The van der Waals surface area contributed by atoms with Crippen LogP contribution >= 0.6 is 0 Å². The third kappa shape index (κ3) is 3.74. The van der Waals surface area contributed by atoms with Crippen LogP contribution < -0.4 is 10.5 Å². The minimum absolute atomic E-state index is 0.0793. The van der Waals surface area contributed by atoms with E-state index in [4.69, 9.17) is 5.73 Å². The highest BCUT2D eigenvalue weighted by atomic mass is 32.2. The number of aryl methyl sites for hydroxylation is 1. The number of nitrogens with one attached hydrogen (secondary N) is 1. The van der Waals surface area contributed by atoms with Gasteiger partial charge in [-0.05, 0) is 12.1 Å². The summed E-state index contributed by atoms with van der Waals surface area (Å²) in [6.07, 6.45) is 4.39. The first-order valence-electron chi connectivity index (χ1n) is 8.36. The van der Waals surface area contributed by atoms with Crippen molar-refractivity contribution in [3.05, 3.63) is 48.2 Å². The van der Waals surface area contributed by atoms with Gasteiger partial charge < -0.3 is 10.3 Å². The number of hydrogen-bond acceptors (Lipinski definition) is 6. The van der Waals surface area contributed by atoms with Gasteiger partial charge in [0, 0.05) is 37.1 Å². The molecule has 11 heteroatoms. The molecule has 0 radical (unpaired) electrons. The zero-order valence-electron chi connectivity index (χ0n) is 15.9. The molecule has 0 atom stereocenters. The summed E-state index contributed by atoms with van der Waals surface area (Å²) in [5, 5.41) is 4.47. The van der Waals surface area contributed by atoms with E-state index < -0.39 is 15.9 Å². The van der Waals surface area contributed by atoms with Crippen molar-refractivity contribution < 1.29 is 13.2 Å². The van der Waals surface area contributed by atoms with Crippen LogP contribution in [-0.4, -0.2) is 38.6 Å².